The molecule has 1 saturated heterocycles. The molecule has 2 N–H and O–H groups in total. The third-order valence-electron chi connectivity index (χ3n) is 6.58. The first kappa shape index (κ1) is 21.7. The minimum absolute atomic E-state index is 0.0803. The van der Waals surface area contributed by atoms with Crippen molar-refractivity contribution < 1.29 is 14.0 Å². The molecule has 9 heteroatoms. The van der Waals surface area contributed by atoms with Gasteiger partial charge < -0.3 is 15.2 Å². The van der Waals surface area contributed by atoms with E-state index in [0.29, 0.717) is 5.69 Å². The standard InChI is InChI=1S/C27H21FN6O2/c28-19-6-8-20(9-7-19)34-22-11-10-21(14-18(22)16-31-34)33-24(35)15-23(25(33)17-4-2-1-3-5-17)32-13-12-30-27(32)26(29)36/h1-14,16,23,25H,15H2,(H2,29,36)/t23-,25+/m0/s1. The summed E-state index contributed by atoms with van der Waals surface area (Å²) < 4.78 is 16.8. The fraction of sp³-hybridized carbons (Fsp3) is 0.111. The van der Waals surface area contributed by atoms with Crippen LogP contribution in [0.2, 0.25) is 0 Å². The van der Waals surface area contributed by atoms with Gasteiger partial charge in [-0.15, -0.1) is 0 Å². The van der Waals surface area contributed by atoms with Crippen LogP contribution in [0.3, 0.4) is 0 Å². The molecule has 3 heterocycles. The number of benzene rings is 3. The van der Waals surface area contributed by atoms with Crippen LogP contribution in [0.5, 0.6) is 0 Å². The average molecular weight is 481 g/mol. The van der Waals surface area contributed by atoms with E-state index in [2.05, 4.69) is 10.1 Å². The van der Waals surface area contributed by atoms with Crippen LogP contribution >= 0.6 is 0 Å². The summed E-state index contributed by atoms with van der Waals surface area (Å²) in [5.41, 5.74) is 8.77. The van der Waals surface area contributed by atoms with Gasteiger partial charge in [-0.25, -0.2) is 14.1 Å². The highest BCUT2D eigenvalue weighted by atomic mass is 19.1. The second-order valence-electron chi connectivity index (χ2n) is 8.69. The first-order valence-corrected chi connectivity index (χ1v) is 11.4. The first-order valence-electron chi connectivity index (χ1n) is 11.4. The second-order valence-corrected chi connectivity index (χ2v) is 8.69. The quantitative estimate of drug-likeness (QED) is 0.408. The number of carbonyl (C=O) groups excluding carboxylic acids is 2. The van der Waals surface area contributed by atoms with Crippen molar-refractivity contribution in [2.75, 3.05) is 4.90 Å². The van der Waals surface area contributed by atoms with E-state index in [1.807, 2.05) is 48.5 Å². The van der Waals surface area contributed by atoms with Crippen molar-refractivity contribution in [1.29, 1.82) is 0 Å². The van der Waals surface area contributed by atoms with Gasteiger partial charge in [0, 0.05) is 23.5 Å². The molecule has 2 atom stereocenters. The number of anilines is 1. The molecular weight excluding hydrogens is 459 g/mol. The Kier molecular flexibility index (Phi) is 5.10. The summed E-state index contributed by atoms with van der Waals surface area (Å²) in [5.74, 6) is -0.925. The van der Waals surface area contributed by atoms with E-state index >= 15 is 0 Å². The van der Waals surface area contributed by atoms with Gasteiger partial charge in [0.1, 0.15) is 5.82 Å². The molecular formula is C27H21FN6O2. The molecule has 1 aliphatic rings. The number of nitrogens with two attached hydrogens (primary N) is 1. The molecule has 3 aromatic carbocycles. The van der Waals surface area contributed by atoms with Crippen molar-refractivity contribution >= 4 is 28.4 Å². The Labute approximate surface area is 205 Å². The molecule has 178 valence electrons. The molecule has 36 heavy (non-hydrogen) atoms. The highest BCUT2D eigenvalue weighted by Gasteiger charge is 2.43. The van der Waals surface area contributed by atoms with E-state index in [4.69, 9.17) is 5.73 Å². The van der Waals surface area contributed by atoms with Crippen molar-refractivity contribution in [3.8, 4) is 5.69 Å². The molecule has 1 aliphatic heterocycles. The van der Waals surface area contributed by atoms with Crippen molar-refractivity contribution in [2.24, 2.45) is 5.73 Å². The van der Waals surface area contributed by atoms with Crippen molar-refractivity contribution in [1.82, 2.24) is 19.3 Å². The second kappa shape index (κ2) is 8.46. The molecule has 1 fully saturated rings. The summed E-state index contributed by atoms with van der Waals surface area (Å²) in [4.78, 5) is 31.3. The fourth-order valence-electron chi connectivity index (χ4n) is 5.02. The number of primary amides is 1. The van der Waals surface area contributed by atoms with Gasteiger partial charge in [0.25, 0.3) is 5.91 Å². The van der Waals surface area contributed by atoms with E-state index in [-0.39, 0.29) is 36.1 Å². The van der Waals surface area contributed by atoms with Crippen molar-refractivity contribution in [2.45, 2.75) is 18.5 Å². The Bertz CT molecular complexity index is 1590. The smallest absolute Gasteiger partial charge is 0.284 e. The summed E-state index contributed by atoms with van der Waals surface area (Å²) in [6.45, 7) is 0. The van der Waals surface area contributed by atoms with Gasteiger partial charge in [-0.05, 0) is 48.0 Å². The largest absolute Gasteiger partial charge is 0.363 e. The summed E-state index contributed by atoms with van der Waals surface area (Å²) in [7, 11) is 0. The van der Waals surface area contributed by atoms with Gasteiger partial charge in [-0.2, -0.15) is 5.10 Å². The zero-order valence-corrected chi connectivity index (χ0v) is 19.0. The molecule has 0 bridgehead atoms. The SMILES string of the molecule is NC(=O)c1nccn1[C@H]1CC(=O)N(c2ccc3c(cnn3-c3ccc(F)cc3)c2)[C@@H]1c1ccccc1. The van der Waals surface area contributed by atoms with Crippen LogP contribution < -0.4 is 10.6 Å². The average Bonchev–Trinajstić information content (AvgIpc) is 3.61. The number of hydrogen-bond acceptors (Lipinski definition) is 4. The van der Waals surface area contributed by atoms with Gasteiger partial charge in [-0.3, -0.25) is 9.59 Å². The Hall–Kier alpha value is -4.79. The van der Waals surface area contributed by atoms with Gasteiger partial charge in [0.15, 0.2) is 5.82 Å². The minimum Gasteiger partial charge on any atom is -0.363 e. The van der Waals surface area contributed by atoms with Crippen LogP contribution in [0.15, 0.2) is 91.4 Å². The van der Waals surface area contributed by atoms with E-state index in [1.165, 1.54) is 18.3 Å². The Morgan fingerprint density at radius 3 is 2.50 bits per heavy atom. The maximum absolute atomic E-state index is 13.5. The molecule has 2 aromatic heterocycles. The Morgan fingerprint density at radius 1 is 1.00 bits per heavy atom. The van der Waals surface area contributed by atoms with Crippen LogP contribution in [-0.4, -0.2) is 31.1 Å². The zero-order valence-electron chi connectivity index (χ0n) is 19.0. The number of amides is 2. The van der Waals surface area contributed by atoms with Gasteiger partial charge in [-0.1, -0.05) is 30.3 Å². The lowest BCUT2D eigenvalue weighted by Crippen LogP contribution is -2.30. The maximum Gasteiger partial charge on any atom is 0.284 e. The normalized spacial score (nSPS) is 17.7. The number of aromatic nitrogens is 4. The maximum atomic E-state index is 13.5. The summed E-state index contributed by atoms with van der Waals surface area (Å²) in [6, 6.07) is 20.7. The number of rotatable bonds is 5. The van der Waals surface area contributed by atoms with E-state index in [1.54, 1.807) is 38.7 Å². The number of hydrogen-bond donors (Lipinski definition) is 1. The number of nitrogens with zero attached hydrogens (tertiary/aromatic N) is 5. The van der Waals surface area contributed by atoms with Crippen molar-refractivity contribution in [3.05, 3.63) is 109 Å². The fourth-order valence-corrected chi connectivity index (χ4v) is 5.02. The summed E-state index contributed by atoms with van der Waals surface area (Å²) in [5, 5.41) is 5.31. The lowest BCUT2D eigenvalue weighted by Gasteiger charge is -2.30. The molecule has 0 unspecified atom stereocenters. The topological polar surface area (TPSA) is 99.0 Å². The number of imidazole rings is 1. The third kappa shape index (κ3) is 3.52. The molecule has 0 aliphatic carbocycles. The zero-order chi connectivity index (χ0) is 24.8. The van der Waals surface area contributed by atoms with E-state index in [9.17, 15) is 14.0 Å². The molecule has 0 radical (unpaired) electrons. The molecule has 5 aromatic rings. The first-order chi connectivity index (χ1) is 17.5. The summed E-state index contributed by atoms with van der Waals surface area (Å²) in [6.07, 6.45) is 5.11. The molecule has 0 spiro atoms. The predicted molar refractivity (Wildman–Crippen MR) is 132 cm³/mol. The monoisotopic (exact) mass is 480 g/mol. The van der Waals surface area contributed by atoms with E-state index < -0.39 is 5.91 Å². The van der Waals surface area contributed by atoms with Crippen LogP contribution in [0.4, 0.5) is 10.1 Å². The number of fused-ring (bicyclic) bond motifs is 1. The van der Waals surface area contributed by atoms with Gasteiger partial charge in [0.05, 0.1) is 35.9 Å². The highest BCUT2D eigenvalue weighted by molar-refractivity contribution is 5.99. The van der Waals surface area contributed by atoms with Crippen LogP contribution in [0, 0.1) is 5.82 Å². The van der Waals surface area contributed by atoms with E-state index in [0.717, 1.165) is 22.2 Å². The molecule has 6 rings (SSSR count). The van der Waals surface area contributed by atoms with Crippen molar-refractivity contribution in [3.63, 3.8) is 0 Å². The molecule has 2 amide bonds. The molecule has 8 nitrogen and oxygen atoms in total. The lowest BCUT2D eigenvalue weighted by molar-refractivity contribution is -0.117. The lowest BCUT2D eigenvalue weighted by atomic mass is 9.99. The Balaban J connectivity index is 1.45. The number of halogens is 1. The van der Waals surface area contributed by atoms with Crippen LogP contribution in [-0.2, 0) is 4.79 Å². The van der Waals surface area contributed by atoms with Crippen LogP contribution in [0.25, 0.3) is 16.6 Å². The minimum atomic E-state index is -0.646. The summed E-state index contributed by atoms with van der Waals surface area (Å²) >= 11 is 0. The van der Waals surface area contributed by atoms with Gasteiger partial charge in [0.2, 0.25) is 5.91 Å². The predicted octanol–water partition coefficient (Wildman–Crippen LogP) is 4.18. The van der Waals surface area contributed by atoms with Crippen LogP contribution in [0.1, 0.15) is 34.7 Å². The molecule has 0 saturated carbocycles. The van der Waals surface area contributed by atoms with Gasteiger partial charge >= 0.3 is 0 Å². The highest BCUT2D eigenvalue weighted by Crippen LogP contribution is 2.45. The third-order valence-corrected chi connectivity index (χ3v) is 6.58. The number of carbonyl (C=O) groups is 2. The Morgan fingerprint density at radius 2 is 1.75 bits per heavy atom.